The highest BCUT2D eigenvalue weighted by atomic mass is 32.2. The zero-order valence-electron chi connectivity index (χ0n) is 6.55. The van der Waals surface area contributed by atoms with E-state index in [4.69, 9.17) is 0 Å². The first kappa shape index (κ1) is 12.6. The van der Waals surface area contributed by atoms with Gasteiger partial charge in [-0.1, -0.05) is 14.4 Å². The maximum absolute atomic E-state index is 11.2. The summed E-state index contributed by atoms with van der Waals surface area (Å²) in [5, 5.41) is 0. The summed E-state index contributed by atoms with van der Waals surface area (Å²) in [5.74, 6) is 0.658. The first-order valence-corrected chi connectivity index (χ1v) is 5.26. The van der Waals surface area contributed by atoms with Crippen LogP contribution in [-0.2, 0) is 9.73 Å². The van der Waals surface area contributed by atoms with Crippen molar-refractivity contribution >= 4 is 9.73 Å². The van der Waals surface area contributed by atoms with Gasteiger partial charge in [0.15, 0.2) is 0 Å². The van der Waals surface area contributed by atoms with Gasteiger partial charge in [-0.05, 0) is 13.8 Å². The zero-order chi connectivity index (χ0) is 7.49. The van der Waals surface area contributed by atoms with Crippen molar-refractivity contribution in [1.82, 2.24) is 0 Å². The summed E-state index contributed by atoms with van der Waals surface area (Å²) in [6.45, 7) is 5.78. The van der Waals surface area contributed by atoms with Crippen molar-refractivity contribution in [3.05, 3.63) is 0 Å². The molecule has 10 heavy (non-hydrogen) atoms. The lowest BCUT2D eigenvalue weighted by Crippen LogP contribution is -2.03. The molecule has 0 amide bonds. The van der Waals surface area contributed by atoms with Gasteiger partial charge < -0.3 is 0 Å². The average Bonchev–Trinajstić information content (AvgIpc) is 1.63. The first-order chi connectivity index (χ1) is 3.98. The van der Waals surface area contributed by atoms with E-state index in [1.165, 1.54) is 0 Å². The molecule has 0 bridgehead atoms. The Morgan fingerprint density at radius 1 is 1.50 bits per heavy atom. The van der Waals surface area contributed by atoms with Crippen LogP contribution in [0.3, 0.4) is 0 Å². The van der Waals surface area contributed by atoms with Crippen molar-refractivity contribution < 1.29 is 4.21 Å². The van der Waals surface area contributed by atoms with Gasteiger partial charge in [-0.3, -0.25) is 4.21 Å². The summed E-state index contributed by atoms with van der Waals surface area (Å²) >= 11 is 0. The normalized spacial score (nSPS) is 15.7. The lowest BCUT2D eigenvalue weighted by Gasteiger charge is -2.00. The first-order valence-electron chi connectivity index (χ1n) is 3.17. The Morgan fingerprint density at radius 3 is 2.00 bits per heavy atom. The number of rotatable bonds is 2. The van der Waals surface area contributed by atoms with Gasteiger partial charge in [-0.2, -0.15) is 0 Å². The summed E-state index contributed by atoms with van der Waals surface area (Å²) in [5.41, 5.74) is 0. The molecule has 0 N–H and O–H groups in total. The Kier molecular flexibility index (Phi) is 5.95. The van der Waals surface area contributed by atoms with E-state index in [0.717, 1.165) is 0 Å². The van der Waals surface area contributed by atoms with Crippen molar-refractivity contribution in [2.45, 2.75) is 34.2 Å². The predicted molar refractivity (Wildman–Crippen MR) is 48.9 cm³/mol. The molecular weight excluding hydrogens is 146 g/mol. The summed E-state index contributed by atoms with van der Waals surface area (Å²) in [6, 6.07) is 0.197. The van der Waals surface area contributed by atoms with Crippen LogP contribution in [0.2, 0.25) is 0 Å². The fraction of sp³-hybridized carbons (Fsp3) is 1.00. The molecule has 0 aliphatic heterocycles. The molecule has 1 atom stereocenters. The molecule has 0 spiro atoms. The van der Waals surface area contributed by atoms with E-state index in [1.807, 2.05) is 20.8 Å². The van der Waals surface area contributed by atoms with Crippen LogP contribution in [-0.4, -0.2) is 22.3 Å². The number of nitrogens with zero attached hydrogens (tertiary/aromatic N) is 1. The number of hydrogen-bond acceptors (Lipinski definition) is 2. The fourth-order valence-electron chi connectivity index (χ4n) is 0.520. The zero-order valence-corrected chi connectivity index (χ0v) is 7.36. The lowest BCUT2D eigenvalue weighted by molar-refractivity contribution is 0.675. The van der Waals surface area contributed by atoms with Crippen LogP contribution in [0.1, 0.15) is 28.2 Å². The molecule has 3 heteroatoms. The molecule has 0 aromatic carbocycles. The quantitative estimate of drug-likeness (QED) is 0.616. The van der Waals surface area contributed by atoms with Crippen LogP contribution in [0, 0.1) is 0 Å². The molecule has 0 radical (unpaired) electrons. The molecule has 0 rings (SSSR count). The van der Waals surface area contributed by atoms with E-state index in [2.05, 4.69) is 4.36 Å². The van der Waals surface area contributed by atoms with Gasteiger partial charge in [0.05, 0.1) is 6.04 Å². The second kappa shape index (κ2) is 4.72. The SMILES string of the molecule is C.CCS(C)(=O)=NC(C)C. The Labute approximate surface area is 65.2 Å². The molecule has 2 nitrogen and oxygen atoms in total. The number of hydrogen-bond donors (Lipinski definition) is 0. The second-order valence-electron chi connectivity index (χ2n) is 2.45. The average molecular weight is 165 g/mol. The molecule has 0 saturated heterocycles. The fourth-order valence-corrected chi connectivity index (χ4v) is 1.56. The van der Waals surface area contributed by atoms with E-state index in [9.17, 15) is 4.21 Å². The molecule has 0 fully saturated rings. The summed E-state index contributed by atoms with van der Waals surface area (Å²) < 4.78 is 15.3. The predicted octanol–water partition coefficient (Wildman–Crippen LogP) is 2.15. The van der Waals surface area contributed by atoms with E-state index < -0.39 is 9.73 Å². The van der Waals surface area contributed by atoms with E-state index in [1.54, 1.807) is 6.26 Å². The Morgan fingerprint density at radius 2 is 1.90 bits per heavy atom. The van der Waals surface area contributed by atoms with Crippen molar-refractivity contribution in [2.75, 3.05) is 12.0 Å². The Hall–Kier alpha value is -0.0500. The van der Waals surface area contributed by atoms with Crippen LogP contribution >= 0.6 is 0 Å². The van der Waals surface area contributed by atoms with E-state index in [-0.39, 0.29) is 13.5 Å². The van der Waals surface area contributed by atoms with Crippen molar-refractivity contribution in [3.8, 4) is 0 Å². The molecule has 0 aliphatic rings. The third-order valence-corrected chi connectivity index (χ3v) is 2.91. The van der Waals surface area contributed by atoms with Gasteiger partial charge in [-0.15, -0.1) is 0 Å². The molecule has 1 unspecified atom stereocenters. The lowest BCUT2D eigenvalue weighted by atomic mass is 10.4. The third-order valence-electron chi connectivity index (χ3n) is 0.969. The highest BCUT2D eigenvalue weighted by Gasteiger charge is 1.96. The van der Waals surface area contributed by atoms with Crippen LogP contribution in [0.4, 0.5) is 0 Å². The minimum atomic E-state index is -1.84. The van der Waals surface area contributed by atoms with Crippen molar-refractivity contribution in [2.24, 2.45) is 4.36 Å². The van der Waals surface area contributed by atoms with Crippen LogP contribution in [0.15, 0.2) is 4.36 Å². The van der Waals surface area contributed by atoms with Crippen molar-refractivity contribution in [1.29, 1.82) is 0 Å². The summed E-state index contributed by atoms with van der Waals surface area (Å²) in [6.07, 6.45) is 1.70. The van der Waals surface area contributed by atoms with Gasteiger partial charge in [0.1, 0.15) is 0 Å². The minimum Gasteiger partial charge on any atom is -0.250 e. The van der Waals surface area contributed by atoms with Crippen LogP contribution in [0.5, 0.6) is 0 Å². The maximum atomic E-state index is 11.2. The van der Waals surface area contributed by atoms with E-state index in [0.29, 0.717) is 5.75 Å². The van der Waals surface area contributed by atoms with Crippen LogP contribution < -0.4 is 0 Å². The molecule has 0 aromatic rings. The maximum Gasteiger partial charge on any atom is 0.0537 e. The van der Waals surface area contributed by atoms with Gasteiger partial charge >= 0.3 is 0 Å². The highest BCUT2D eigenvalue weighted by Crippen LogP contribution is 1.95. The van der Waals surface area contributed by atoms with Gasteiger partial charge in [-0.25, -0.2) is 4.36 Å². The van der Waals surface area contributed by atoms with Gasteiger partial charge in [0.2, 0.25) is 0 Å². The van der Waals surface area contributed by atoms with Crippen LogP contribution in [0.25, 0.3) is 0 Å². The monoisotopic (exact) mass is 165 g/mol. The smallest absolute Gasteiger partial charge is 0.0537 e. The largest absolute Gasteiger partial charge is 0.250 e. The van der Waals surface area contributed by atoms with Crippen molar-refractivity contribution in [3.63, 3.8) is 0 Å². The molecule has 0 aliphatic carbocycles. The van der Waals surface area contributed by atoms with Gasteiger partial charge in [0, 0.05) is 21.7 Å². The molecular formula is C7H19NOS. The Bertz CT molecular complexity index is 178. The molecule has 0 saturated carbocycles. The highest BCUT2D eigenvalue weighted by molar-refractivity contribution is 7.92. The standard InChI is InChI=1S/C6H15NOS.CH4/c1-5-9(4,8)7-6(2)3;/h6H,5H2,1-4H3;1H4. The van der Waals surface area contributed by atoms with Gasteiger partial charge in [0.25, 0.3) is 0 Å². The molecule has 0 heterocycles. The second-order valence-corrected chi connectivity index (χ2v) is 5.15. The molecule has 64 valence electrons. The summed E-state index contributed by atoms with van der Waals surface area (Å²) in [7, 11) is -1.84. The Balaban J connectivity index is 0. The topological polar surface area (TPSA) is 29.4 Å². The van der Waals surface area contributed by atoms with E-state index >= 15 is 0 Å². The minimum absolute atomic E-state index is 0. The molecule has 0 aromatic heterocycles. The third kappa shape index (κ3) is 6.08. The summed E-state index contributed by atoms with van der Waals surface area (Å²) in [4.78, 5) is 0.